The summed E-state index contributed by atoms with van der Waals surface area (Å²) in [4.78, 5) is 2.06. The van der Waals surface area contributed by atoms with Gasteiger partial charge in [-0.3, -0.25) is 4.90 Å². The fraction of sp³-hybridized carbons (Fsp3) is 1.00. The van der Waals surface area contributed by atoms with Crippen molar-refractivity contribution < 1.29 is 13.2 Å². The van der Waals surface area contributed by atoms with Crippen molar-refractivity contribution in [3.8, 4) is 0 Å². The van der Waals surface area contributed by atoms with Crippen molar-refractivity contribution in [2.45, 2.75) is 57.8 Å². The molecule has 2 saturated heterocycles. The van der Waals surface area contributed by atoms with Crippen molar-refractivity contribution >= 4 is 0 Å². The van der Waals surface area contributed by atoms with E-state index in [9.17, 15) is 13.2 Å². The third-order valence-electron chi connectivity index (χ3n) is 4.96. The lowest BCUT2D eigenvalue weighted by molar-refractivity contribution is -0.192. The van der Waals surface area contributed by atoms with Crippen LogP contribution in [0.25, 0.3) is 0 Å². The van der Waals surface area contributed by atoms with Gasteiger partial charge in [0.15, 0.2) is 0 Å². The SMILES string of the molecule is CC1CC(CN2CCC(C(F)(F)F)C2(C)C)CCN1. The van der Waals surface area contributed by atoms with Crippen LogP contribution < -0.4 is 5.32 Å². The van der Waals surface area contributed by atoms with Crippen molar-refractivity contribution in [3.63, 3.8) is 0 Å². The van der Waals surface area contributed by atoms with Crippen LogP contribution in [-0.4, -0.2) is 42.3 Å². The van der Waals surface area contributed by atoms with Crippen molar-refractivity contribution in [3.05, 3.63) is 0 Å². The van der Waals surface area contributed by atoms with E-state index in [-0.39, 0.29) is 6.42 Å². The number of halogens is 3. The van der Waals surface area contributed by atoms with Gasteiger partial charge < -0.3 is 5.32 Å². The van der Waals surface area contributed by atoms with Crippen molar-refractivity contribution in [1.82, 2.24) is 10.2 Å². The smallest absolute Gasteiger partial charge is 0.314 e. The minimum Gasteiger partial charge on any atom is -0.314 e. The van der Waals surface area contributed by atoms with Crippen LogP contribution in [0, 0.1) is 11.8 Å². The summed E-state index contributed by atoms with van der Waals surface area (Å²) in [6.45, 7) is 8.04. The molecule has 0 aliphatic carbocycles. The number of alkyl halides is 3. The molecule has 112 valence electrons. The van der Waals surface area contributed by atoms with Crippen LogP contribution in [-0.2, 0) is 0 Å². The highest BCUT2D eigenvalue weighted by Gasteiger charge is 2.54. The number of hydrogen-bond acceptors (Lipinski definition) is 2. The monoisotopic (exact) mass is 278 g/mol. The van der Waals surface area contributed by atoms with Crippen LogP contribution >= 0.6 is 0 Å². The second kappa shape index (κ2) is 5.24. The average Bonchev–Trinajstić information content (AvgIpc) is 2.54. The Bertz CT molecular complexity index is 314. The van der Waals surface area contributed by atoms with Gasteiger partial charge in [0.1, 0.15) is 0 Å². The molecule has 1 N–H and O–H groups in total. The zero-order valence-corrected chi connectivity index (χ0v) is 12.1. The van der Waals surface area contributed by atoms with E-state index >= 15 is 0 Å². The molecule has 2 nitrogen and oxygen atoms in total. The maximum absolute atomic E-state index is 13.0. The first-order valence-corrected chi connectivity index (χ1v) is 7.26. The first-order valence-electron chi connectivity index (χ1n) is 7.26. The van der Waals surface area contributed by atoms with E-state index in [0.29, 0.717) is 18.5 Å². The molecule has 0 radical (unpaired) electrons. The van der Waals surface area contributed by atoms with E-state index in [1.165, 1.54) is 0 Å². The molecule has 2 fully saturated rings. The molecule has 2 rings (SSSR count). The Labute approximate surface area is 113 Å². The average molecular weight is 278 g/mol. The van der Waals surface area contributed by atoms with Crippen LogP contribution in [0.2, 0.25) is 0 Å². The van der Waals surface area contributed by atoms with E-state index < -0.39 is 17.6 Å². The largest absolute Gasteiger partial charge is 0.393 e. The van der Waals surface area contributed by atoms with Gasteiger partial charge >= 0.3 is 6.18 Å². The summed E-state index contributed by atoms with van der Waals surface area (Å²) in [5.74, 6) is -0.651. The van der Waals surface area contributed by atoms with Crippen LogP contribution in [0.5, 0.6) is 0 Å². The number of hydrogen-bond donors (Lipinski definition) is 1. The van der Waals surface area contributed by atoms with Crippen molar-refractivity contribution in [2.24, 2.45) is 11.8 Å². The Morgan fingerprint density at radius 2 is 1.95 bits per heavy atom. The molecule has 2 aliphatic heterocycles. The standard InChI is InChI=1S/C14H25F3N2/c1-10-8-11(4-6-18-10)9-19-7-5-12(13(19,2)3)14(15,16)17/h10-12,18H,4-9H2,1-3H3. The highest BCUT2D eigenvalue weighted by Crippen LogP contribution is 2.45. The topological polar surface area (TPSA) is 15.3 Å². The van der Waals surface area contributed by atoms with E-state index in [0.717, 1.165) is 25.9 Å². The molecule has 19 heavy (non-hydrogen) atoms. The molecule has 2 aliphatic rings. The number of likely N-dealkylation sites (tertiary alicyclic amines) is 1. The molecule has 0 bridgehead atoms. The molecule has 0 aromatic heterocycles. The molecule has 0 aromatic rings. The lowest BCUT2D eigenvalue weighted by Crippen LogP contribution is -2.50. The molecular weight excluding hydrogens is 253 g/mol. The van der Waals surface area contributed by atoms with Crippen LogP contribution in [0.4, 0.5) is 13.2 Å². The Balaban J connectivity index is 1.98. The second-order valence-corrected chi connectivity index (χ2v) is 6.73. The lowest BCUT2D eigenvalue weighted by atomic mass is 9.86. The Hall–Kier alpha value is -0.290. The first-order chi connectivity index (χ1) is 8.71. The normalized spacial score (nSPS) is 36.6. The highest BCUT2D eigenvalue weighted by molar-refractivity contribution is 4.99. The molecular formula is C14H25F3N2. The lowest BCUT2D eigenvalue weighted by Gasteiger charge is -2.40. The Morgan fingerprint density at radius 3 is 2.47 bits per heavy atom. The Kier molecular flexibility index (Phi) is 4.17. The molecule has 0 spiro atoms. The summed E-state index contributed by atoms with van der Waals surface area (Å²) in [7, 11) is 0. The summed E-state index contributed by atoms with van der Waals surface area (Å²) in [5, 5.41) is 3.39. The fourth-order valence-electron chi connectivity index (χ4n) is 3.75. The maximum Gasteiger partial charge on any atom is 0.393 e. The molecule has 3 unspecified atom stereocenters. The zero-order chi connectivity index (χ0) is 14.3. The van der Waals surface area contributed by atoms with E-state index in [1.807, 2.05) is 0 Å². The van der Waals surface area contributed by atoms with E-state index in [2.05, 4.69) is 17.1 Å². The van der Waals surface area contributed by atoms with E-state index in [4.69, 9.17) is 0 Å². The second-order valence-electron chi connectivity index (χ2n) is 6.73. The summed E-state index contributed by atoms with van der Waals surface area (Å²) in [5.41, 5.74) is -0.758. The van der Waals surface area contributed by atoms with Gasteiger partial charge in [-0.15, -0.1) is 0 Å². The highest BCUT2D eigenvalue weighted by atomic mass is 19.4. The molecule has 0 amide bonds. The van der Waals surface area contributed by atoms with Gasteiger partial charge in [0.05, 0.1) is 5.92 Å². The third-order valence-corrected chi connectivity index (χ3v) is 4.96. The third kappa shape index (κ3) is 3.24. The molecule has 0 saturated carbocycles. The summed E-state index contributed by atoms with van der Waals surface area (Å²) < 4.78 is 39.1. The molecule has 2 heterocycles. The minimum atomic E-state index is -4.07. The molecule has 3 atom stereocenters. The van der Waals surface area contributed by atoms with Gasteiger partial charge in [0, 0.05) is 18.1 Å². The van der Waals surface area contributed by atoms with Gasteiger partial charge in [-0.05, 0) is 59.0 Å². The van der Waals surface area contributed by atoms with Gasteiger partial charge in [0.2, 0.25) is 0 Å². The minimum absolute atomic E-state index is 0.247. The molecule has 0 aromatic carbocycles. The van der Waals surface area contributed by atoms with Gasteiger partial charge in [-0.1, -0.05) is 0 Å². The van der Waals surface area contributed by atoms with E-state index in [1.54, 1.807) is 13.8 Å². The van der Waals surface area contributed by atoms with Crippen molar-refractivity contribution in [1.29, 1.82) is 0 Å². The quantitative estimate of drug-likeness (QED) is 0.835. The number of nitrogens with zero attached hydrogens (tertiary/aromatic N) is 1. The van der Waals surface area contributed by atoms with Gasteiger partial charge in [0.25, 0.3) is 0 Å². The number of nitrogens with one attached hydrogen (secondary N) is 1. The maximum atomic E-state index is 13.0. The number of piperidine rings is 1. The number of rotatable bonds is 2. The Morgan fingerprint density at radius 1 is 1.26 bits per heavy atom. The van der Waals surface area contributed by atoms with Crippen molar-refractivity contribution in [2.75, 3.05) is 19.6 Å². The summed E-state index contributed by atoms with van der Waals surface area (Å²) in [6, 6.07) is 0.489. The van der Waals surface area contributed by atoms with Crippen LogP contribution in [0.15, 0.2) is 0 Å². The van der Waals surface area contributed by atoms with Crippen LogP contribution in [0.3, 0.4) is 0 Å². The predicted octanol–water partition coefficient (Wildman–Crippen LogP) is 3.04. The van der Waals surface area contributed by atoms with Gasteiger partial charge in [-0.2, -0.15) is 13.2 Å². The molecule has 5 heteroatoms. The van der Waals surface area contributed by atoms with Gasteiger partial charge in [-0.25, -0.2) is 0 Å². The van der Waals surface area contributed by atoms with Crippen LogP contribution in [0.1, 0.15) is 40.0 Å². The predicted molar refractivity (Wildman–Crippen MR) is 70.0 cm³/mol. The summed E-state index contributed by atoms with van der Waals surface area (Å²) in [6.07, 6.45) is -1.67. The summed E-state index contributed by atoms with van der Waals surface area (Å²) >= 11 is 0. The zero-order valence-electron chi connectivity index (χ0n) is 12.1. The first kappa shape index (κ1) is 15.1. The fourth-order valence-corrected chi connectivity index (χ4v) is 3.75.